The zero-order chi connectivity index (χ0) is 17.7. The molecule has 1 aromatic rings. The molecule has 1 saturated heterocycles. The van der Waals surface area contributed by atoms with Crippen LogP contribution in [0.25, 0.3) is 0 Å². The summed E-state index contributed by atoms with van der Waals surface area (Å²) in [6, 6.07) is 5.41. The van der Waals surface area contributed by atoms with E-state index < -0.39 is 0 Å². The van der Waals surface area contributed by atoms with Crippen LogP contribution in [0.5, 0.6) is 0 Å². The Morgan fingerprint density at radius 2 is 2.00 bits per heavy atom. The van der Waals surface area contributed by atoms with Crippen LogP contribution in [-0.2, 0) is 4.74 Å². The minimum Gasteiger partial charge on any atom is -0.380 e. The van der Waals surface area contributed by atoms with Crippen LogP contribution < -0.4 is 5.32 Å². The second-order valence-corrected chi connectivity index (χ2v) is 6.42. The molecule has 0 aliphatic carbocycles. The first-order valence-corrected chi connectivity index (χ1v) is 8.41. The summed E-state index contributed by atoms with van der Waals surface area (Å²) in [5.74, 6) is -0.0400. The molecule has 0 spiro atoms. The van der Waals surface area contributed by atoms with E-state index in [2.05, 4.69) is 5.32 Å². The van der Waals surface area contributed by atoms with E-state index in [0.29, 0.717) is 37.6 Å². The molecule has 0 radical (unpaired) electrons. The van der Waals surface area contributed by atoms with E-state index in [9.17, 15) is 9.59 Å². The summed E-state index contributed by atoms with van der Waals surface area (Å²) in [6.45, 7) is 8.36. The van der Waals surface area contributed by atoms with Gasteiger partial charge < -0.3 is 19.9 Å². The molecule has 1 aromatic carbocycles. The Morgan fingerprint density at radius 1 is 1.25 bits per heavy atom. The fourth-order valence-electron chi connectivity index (χ4n) is 2.51. The molecule has 6 heteroatoms. The van der Waals surface area contributed by atoms with Crippen molar-refractivity contribution in [3.63, 3.8) is 0 Å². The predicted molar refractivity (Wildman–Crippen MR) is 94.4 cm³/mol. The summed E-state index contributed by atoms with van der Waals surface area (Å²) >= 11 is 0. The van der Waals surface area contributed by atoms with E-state index in [4.69, 9.17) is 4.74 Å². The molecule has 0 unspecified atom stereocenters. The molecule has 1 aliphatic rings. The number of amides is 3. The van der Waals surface area contributed by atoms with Gasteiger partial charge in [-0.05, 0) is 44.9 Å². The van der Waals surface area contributed by atoms with E-state index >= 15 is 0 Å². The first-order chi connectivity index (χ1) is 11.4. The Bertz CT molecular complexity index is 593. The zero-order valence-electron chi connectivity index (χ0n) is 15.0. The molecule has 6 nitrogen and oxygen atoms in total. The van der Waals surface area contributed by atoms with Gasteiger partial charge in [0.2, 0.25) is 0 Å². The first kappa shape index (κ1) is 18.3. The lowest BCUT2D eigenvalue weighted by Gasteiger charge is -2.23. The van der Waals surface area contributed by atoms with Gasteiger partial charge in [0.05, 0.1) is 6.61 Å². The molecule has 132 valence electrons. The minimum atomic E-state index is -0.153. The van der Waals surface area contributed by atoms with E-state index in [1.807, 2.05) is 32.9 Å². The molecular formula is C18H27N3O3. The quantitative estimate of drug-likeness (QED) is 0.925. The van der Waals surface area contributed by atoms with Crippen molar-refractivity contribution in [3.05, 3.63) is 29.3 Å². The van der Waals surface area contributed by atoms with Crippen LogP contribution in [0.15, 0.2) is 18.2 Å². The lowest BCUT2D eigenvalue weighted by atomic mass is 10.1. The second-order valence-electron chi connectivity index (χ2n) is 6.42. The number of urea groups is 1. The van der Waals surface area contributed by atoms with Gasteiger partial charge in [0.1, 0.15) is 0 Å². The second kappa shape index (κ2) is 8.15. The summed E-state index contributed by atoms with van der Waals surface area (Å²) in [5, 5.41) is 2.89. The summed E-state index contributed by atoms with van der Waals surface area (Å²) in [5.41, 5.74) is 2.15. The standard InChI is InChI=1S/C18H27N3O3/c1-13(2)20(4)17(22)16-12-15(7-6-14(16)3)19-18(23)21-8-5-10-24-11-9-21/h6-7,12-13H,5,8-11H2,1-4H3,(H,19,23). The minimum absolute atomic E-state index is 0.0400. The van der Waals surface area contributed by atoms with Crippen molar-refractivity contribution in [3.8, 4) is 0 Å². The number of rotatable bonds is 3. The average molecular weight is 333 g/mol. The van der Waals surface area contributed by atoms with Gasteiger partial charge in [-0.1, -0.05) is 6.07 Å². The summed E-state index contributed by atoms with van der Waals surface area (Å²) in [7, 11) is 1.79. The first-order valence-electron chi connectivity index (χ1n) is 8.41. The van der Waals surface area contributed by atoms with Crippen LogP contribution in [-0.4, -0.2) is 61.1 Å². The van der Waals surface area contributed by atoms with E-state index in [1.54, 1.807) is 22.9 Å². The number of nitrogens with zero attached hydrogens (tertiary/aromatic N) is 2. The fourth-order valence-corrected chi connectivity index (χ4v) is 2.51. The number of hydrogen-bond acceptors (Lipinski definition) is 3. The highest BCUT2D eigenvalue weighted by molar-refractivity contribution is 5.98. The van der Waals surface area contributed by atoms with Crippen LogP contribution in [0.2, 0.25) is 0 Å². The van der Waals surface area contributed by atoms with Crippen LogP contribution in [0, 0.1) is 6.92 Å². The largest absolute Gasteiger partial charge is 0.380 e. The van der Waals surface area contributed by atoms with Crippen molar-refractivity contribution in [1.82, 2.24) is 9.80 Å². The van der Waals surface area contributed by atoms with Gasteiger partial charge in [0.25, 0.3) is 5.91 Å². The highest BCUT2D eigenvalue weighted by atomic mass is 16.5. The molecule has 24 heavy (non-hydrogen) atoms. The maximum atomic E-state index is 12.6. The van der Waals surface area contributed by atoms with Gasteiger partial charge >= 0.3 is 6.03 Å². The van der Waals surface area contributed by atoms with Crippen LogP contribution in [0.1, 0.15) is 36.2 Å². The molecule has 1 heterocycles. The molecule has 1 fully saturated rings. The number of carbonyl (C=O) groups is 2. The maximum Gasteiger partial charge on any atom is 0.321 e. The van der Waals surface area contributed by atoms with Crippen molar-refractivity contribution in [2.24, 2.45) is 0 Å². The average Bonchev–Trinajstić information content (AvgIpc) is 2.84. The molecule has 0 aromatic heterocycles. The van der Waals surface area contributed by atoms with Crippen LogP contribution in [0.4, 0.5) is 10.5 Å². The third kappa shape index (κ3) is 4.47. The van der Waals surface area contributed by atoms with E-state index in [0.717, 1.165) is 12.0 Å². The Morgan fingerprint density at radius 3 is 2.71 bits per heavy atom. The molecule has 1 N–H and O–H groups in total. The maximum absolute atomic E-state index is 12.6. The molecule has 1 aliphatic heterocycles. The SMILES string of the molecule is Cc1ccc(NC(=O)N2CCCOCC2)cc1C(=O)N(C)C(C)C. The van der Waals surface area contributed by atoms with Gasteiger partial charge in [-0.2, -0.15) is 0 Å². The van der Waals surface area contributed by atoms with Gasteiger partial charge in [-0.25, -0.2) is 4.79 Å². The highest BCUT2D eigenvalue weighted by Gasteiger charge is 2.19. The Balaban J connectivity index is 2.12. The highest BCUT2D eigenvalue weighted by Crippen LogP contribution is 2.18. The molecular weight excluding hydrogens is 306 g/mol. The number of aryl methyl sites for hydroxylation is 1. The third-order valence-electron chi connectivity index (χ3n) is 4.32. The van der Waals surface area contributed by atoms with Crippen molar-refractivity contribution >= 4 is 17.6 Å². The Kier molecular flexibility index (Phi) is 6.20. The van der Waals surface area contributed by atoms with Crippen LogP contribution in [0.3, 0.4) is 0 Å². The van der Waals surface area contributed by atoms with E-state index in [1.165, 1.54) is 0 Å². The molecule has 2 rings (SSSR count). The predicted octanol–water partition coefficient (Wildman–Crippen LogP) is 2.73. The van der Waals surface area contributed by atoms with Crippen LogP contribution >= 0.6 is 0 Å². The molecule has 0 atom stereocenters. The third-order valence-corrected chi connectivity index (χ3v) is 4.32. The monoisotopic (exact) mass is 333 g/mol. The van der Waals surface area contributed by atoms with Gasteiger partial charge in [-0.3, -0.25) is 4.79 Å². The van der Waals surface area contributed by atoms with Gasteiger partial charge in [-0.15, -0.1) is 0 Å². The number of nitrogens with one attached hydrogen (secondary N) is 1. The number of carbonyl (C=O) groups excluding carboxylic acids is 2. The number of ether oxygens (including phenoxy) is 1. The summed E-state index contributed by atoms with van der Waals surface area (Å²) in [4.78, 5) is 28.4. The van der Waals surface area contributed by atoms with Crippen molar-refractivity contribution in [2.45, 2.75) is 33.2 Å². The van der Waals surface area contributed by atoms with Crippen molar-refractivity contribution < 1.29 is 14.3 Å². The normalized spacial score (nSPS) is 15.1. The fraction of sp³-hybridized carbons (Fsp3) is 0.556. The lowest BCUT2D eigenvalue weighted by molar-refractivity contribution is 0.0754. The number of hydrogen-bond donors (Lipinski definition) is 1. The Labute approximate surface area is 143 Å². The lowest BCUT2D eigenvalue weighted by Crippen LogP contribution is -2.37. The van der Waals surface area contributed by atoms with Gasteiger partial charge in [0.15, 0.2) is 0 Å². The molecule has 0 saturated carbocycles. The number of anilines is 1. The topological polar surface area (TPSA) is 61.9 Å². The van der Waals surface area contributed by atoms with Crippen molar-refractivity contribution in [1.29, 1.82) is 0 Å². The zero-order valence-corrected chi connectivity index (χ0v) is 15.0. The number of benzene rings is 1. The van der Waals surface area contributed by atoms with Crippen molar-refractivity contribution in [2.75, 3.05) is 38.7 Å². The molecule has 3 amide bonds. The summed E-state index contributed by atoms with van der Waals surface area (Å²) in [6.07, 6.45) is 0.838. The smallest absolute Gasteiger partial charge is 0.321 e. The van der Waals surface area contributed by atoms with Gasteiger partial charge in [0, 0.05) is 44.0 Å². The van der Waals surface area contributed by atoms with E-state index in [-0.39, 0.29) is 18.0 Å². The summed E-state index contributed by atoms with van der Waals surface area (Å²) < 4.78 is 5.37. The molecule has 0 bridgehead atoms. The Hall–Kier alpha value is -2.08.